The smallest absolute Gasteiger partial charge is 0.306 e. The molecule has 1 aromatic carbocycles. The second kappa shape index (κ2) is 7.26. The third-order valence-electron chi connectivity index (χ3n) is 6.22. The van der Waals surface area contributed by atoms with Crippen molar-refractivity contribution in [2.45, 2.75) is 45.6 Å². The lowest BCUT2D eigenvalue weighted by molar-refractivity contribution is -0.155. The minimum absolute atomic E-state index is 0.0373. The van der Waals surface area contributed by atoms with Crippen LogP contribution < -0.4 is 5.32 Å². The van der Waals surface area contributed by atoms with Crippen LogP contribution in [0, 0.1) is 25.2 Å². The van der Waals surface area contributed by atoms with E-state index >= 15 is 0 Å². The highest BCUT2D eigenvalue weighted by Crippen LogP contribution is 2.58. The maximum absolute atomic E-state index is 13.1. The van der Waals surface area contributed by atoms with Crippen molar-refractivity contribution in [1.82, 2.24) is 5.32 Å². The van der Waals surface area contributed by atoms with Gasteiger partial charge < -0.3 is 10.4 Å². The molecule has 4 rings (SSSR count). The lowest BCUT2D eigenvalue weighted by atomic mass is 9.50. The van der Waals surface area contributed by atoms with Gasteiger partial charge in [0.25, 0.3) is 5.91 Å². The van der Waals surface area contributed by atoms with Crippen LogP contribution in [-0.4, -0.2) is 28.8 Å². The molecular formula is C22H22ClNO4S. The molecule has 0 atom stereocenters. The molecule has 1 heterocycles. The summed E-state index contributed by atoms with van der Waals surface area (Å²) in [6, 6.07) is 6.71. The van der Waals surface area contributed by atoms with Gasteiger partial charge in [0.1, 0.15) is 0 Å². The first kappa shape index (κ1) is 20.1. The van der Waals surface area contributed by atoms with Crippen molar-refractivity contribution in [2.75, 3.05) is 0 Å². The quantitative estimate of drug-likeness (QED) is 0.676. The Balaban J connectivity index is 1.48. The van der Waals surface area contributed by atoms with Gasteiger partial charge >= 0.3 is 5.97 Å². The number of hydrogen-bond acceptors (Lipinski definition) is 4. The number of ketones is 1. The van der Waals surface area contributed by atoms with Crippen molar-refractivity contribution in [3.63, 3.8) is 0 Å². The fraction of sp³-hybridized carbons (Fsp3) is 0.409. The van der Waals surface area contributed by atoms with Crippen LogP contribution in [0.4, 0.5) is 0 Å². The number of hydrogen-bond donors (Lipinski definition) is 2. The summed E-state index contributed by atoms with van der Waals surface area (Å²) in [4.78, 5) is 38.7. The van der Waals surface area contributed by atoms with Gasteiger partial charge in [-0.15, -0.1) is 11.3 Å². The van der Waals surface area contributed by atoms with E-state index in [0.29, 0.717) is 34.6 Å². The number of carboxylic acid groups (broad SMARTS) is 1. The monoisotopic (exact) mass is 431 g/mol. The molecule has 2 saturated carbocycles. The van der Waals surface area contributed by atoms with Crippen molar-refractivity contribution in [3.8, 4) is 0 Å². The van der Waals surface area contributed by atoms with Gasteiger partial charge in [0.15, 0.2) is 5.78 Å². The van der Waals surface area contributed by atoms with Gasteiger partial charge in [-0.3, -0.25) is 14.4 Å². The van der Waals surface area contributed by atoms with Gasteiger partial charge in [-0.2, -0.15) is 0 Å². The highest BCUT2D eigenvalue weighted by atomic mass is 35.5. The molecule has 0 unspecified atom stereocenters. The highest BCUT2D eigenvalue weighted by molar-refractivity contribution is 7.12. The van der Waals surface area contributed by atoms with E-state index in [1.54, 1.807) is 24.3 Å². The highest BCUT2D eigenvalue weighted by Gasteiger charge is 2.55. The Hall–Kier alpha value is -2.18. The maximum Gasteiger partial charge on any atom is 0.306 e. The topological polar surface area (TPSA) is 83.5 Å². The van der Waals surface area contributed by atoms with E-state index in [9.17, 15) is 14.4 Å². The summed E-state index contributed by atoms with van der Waals surface area (Å²) >= 11 is 7.37. The second-order valence-electron chi connectivity index (χ2n) is 8.32. The molecule has 0 aliphatic heterocycles. The molecular weight excluding hydrogens is 410 g/mol. The summed E-state index contributed by atoms with van der Waals surface area (Å²) in [7, 11) is 0. The SMILES string of the molecule is Cc1sc(C)c(C(=O)c2ccc(Cl)cc2)c1C(=O)NC1CC2(C1)CC(C(=O)O)C2. The Morgan fingerprint density at radius 3 is 2.21 bits per heavy atom. The lowest BCUT2D eigenvalue weighted by Gasteiger charge is -2.56. The number of thiophene rings is 1. The number of carbonyl (C=O) groups excluding carboxylic acids is 2. The summed E-state index contributed by atoms with van der Waals surface area (Å²) in [6.45, 7) is 3.72. The average Bonchev–Trinajstić information content (AvgIpc) is 2.89. The normalized spacial score (nSPS) is 25.2. The molecule has 7 heteroatoms. The first-order valence-electron chi connectivity index (χ1n) is 9.63. The summed E-state index contributed by atoms with van der Waals surface area (Å²) in [5.41, 5.74) is 1.49. The summed E-state index contributed by atoms with van der Waals surface area (Å²) in [5, 5.41) is 12.7. The molecule has 0 radical (unpaired) electrons. The molecule has 0 bridgehead atoms. The van der Waals surface area contributed by atoms with E-state index in [-0.39, 0.29) is 29.1 Å². The largest absolute Gasteiger partial charge is 0.481 e. The number of halogens is 1. The minimum atomic E-state index is -0.724. The van der Waals surface area contributed by atoms with Crippen molar-refractivity contribution < 1.29 is 19.5 Å². The fourth-order valence-corrected chi connectivity index (χ4v) is 5.99. The molecule has 2 aromatic rings. The van der Waals surface area contributed by atoms with Crippen LogP contribution in [0.2, 0.25) is 5.02 Å². The number of rotatable bonds is 5. The zero-order chi connectivity index (χ0) is 20.9. The van der Waals surface area contributed by atoms with Gasteiger partial charge in [-0.1, -0.05) is 11.6 Å². The Bertz CT molecular complexity index is 997. The molecule has 2 fully saturated rings. The molecule has 0 saturated heterocycles. The Kier molecular flexibility index (Phi) is 5.03. The Morgan fingerprint density at radius 1 is 1.03 bits per heavy atom. The van der Waals surface area contributed by atoms with E-state index < -0.39 is 5.97 Å². The molecule has 2 N–H and O–H groups in total. The summed E-state index contributed by atoms with van der Waals surface area (Å²) < 4.78 is 0. The van der Waals surface area contributed by atoms with Crippen LogP contribution in [0.15, 0.2) is 24.3 Å². The van der Waals surface area contributed by atoms with Crippen molar-refractivity contribution in [3.05, 3.63) is 55.7 Å². The van der Waals surface area contributed by atoms with Crippen LogP contribution in [0.5, 0.6) is 0 Å². The number of carboxylic acids is 1. The van der Waals surface area contributed by atoms with Gasteiger partial charge in [0.2, 0.25) is 0 Å². The molecule has 29 heavy (non-hydrogen) atoms. The summed E-state index contributed by atoms with van der Waals surface area (Å²) in [6.07, 6.45) is 3.02. The molecule has 152 valence electrons. The molecule has 1 aromatic heterocycles. The Morgan fingerprint density at radius 2 is 1.62 bits per heavy atom. The van der Waals surface area contributed by atoms with Crippen LogP contribution in [0.3, 0.4) is 0 Å². The molecule has 2 aliphatic carbocycles. The van der Waals surface area contributed by atoms with Gasteiger partial charge in [0, 0.05) is 31.9 Å². The van der Waals surface area contributed by atoms with Gasteiger partial charge in [-0.05, 0) is 69.2 Å². The lowest BCUT2D eigenvalue weighted by Crippen LogP contribution is -2.57. The third kappa shape index (κ3) is 3.60. The van der Waals surface area contributed by atoms with E-state index in [4.69, 9.17) is 16.7 Å². The van der Waals surface area contributed by atoms with E-state index in [1.807, 2.05) is 13.8 Å². The van der Waals surface area contributed by atoms with Crippen molar-refractivity contribution in [2.24, 2.45) is 11.3 Å². The Labute approximate surface area is 178 Å². The molecule has 5 nitrogen and oxygen atoms in total. The third-order valence-corrected chi connectivity index (χ3v) is 7.50. The molecule has 2 aliphatic rings. The van der Waals surface area contributed by atoms with Crippen molar-refractivity contribution in [1.29, 1.82) is 0 Å². The molecule has 1 amide bonds. The molecule has 1 spiro atoms. The maximum atomic E-state index is 13.1. The van der Waals surface area contributed by atoms with Crippen molar-refractivity contribution >= 4 is 40.6 Å². The average molecular weight is 432 g/mol. The number of aliphatic carboxylic acids is 1. The van der Waals surface area contributed by atoms with Gasteiger partial charge in [0.05, 0.1) is 11.5 Å². The zero-order valence-electron chi connectivity index (χ0n) is 16.3. The van der Waals surface area contributed by atoms with Crippen LogP contribution in [-0.2, 0) is 4.79 Å². The number of carbonyl (C=O) groups is 3. The van der Waals surface area contributed by atoms with Crippen LogP contribution in [0.1, 0.15) is 61.7 Å². The van der Waals surface area contributed by atoms with E-state index in [2.05, 4.69) is 5.32 Å². The first-order valence-corrected chi connectivity index (χ1v) is 10.8. The van der Waals surface area contributed by atoms with Gasteiger partial charge in [-0.25, -0.2) is 0 Å². The van der Waals surface area contributed by atoms with Crippen LogP contribution in [0.25, 0.3) is 0 Å². The predicted octanol–water partition coefficient (Wildman–Crippen LogP) is 4.62. The number of aryl methyl sites for hydroxylation is 2. The van der Waals surface area contributed by atoms with E-state index in [1.165, 1.54) is 11.3 Å². The van der Waals surface area contributed by atoms with E-state index in [0.717, 1.165) is 22.6 Å². The number of benzene rings is 1. The van der Waals surface area contributed by atoms with Crippen LogP contribution >= 0.6 is 22.9 Å². The second-order valence-corrected chi connectivity index (χ2v) is 10.2. The number of amides is 1. The predicted molar refractivity (Wildman–Crippen MR) is 112 cm³/mol. The minimum Gasteiger partial charge on any atom is -0.481 e. The standard InChI is InChI=1S/C22H22ClNO4S/c1-11-17(19(25)13-3-5-15(23)6-4-13)18(12(2)29-11)20(26)24-16-9-22(10-16)7-14(8-22)21(27)28/h3-6,14,16H,7-10H2,1-2H3,(H,24,26)(H,27,28). The fourth-order valence-electron chi connectivity index (χ4n) is 4.81. The zero-order valence-corrected chi connectivity index (χ0v) is 17.8. The first-order chi connectivity index (χ1) is 13.7. The summed E-state index contributed by atoms with van der Waals surface area (Å²) in [5.74, 6) is -1.37. The number of nitrogens with one attached hydrogen (secondary N) is 1.